The lowest BCUT2D eigenvalue weighted by molar-refractivity contribution is -0.142. The molecule has 0 aliphatic rings. The fraction of sp³-hybridized carbons (Fsp3) is 0.211. The van der Waals surface area contributed by atoms with Gasteiger partial charge in [0, 0.05) is 24.7 Å². The first-order valence-electron chi connectivity index (χ1n) is 8.05. The van der Waals surface area contributed by atoms with Crippen LogP contribution in [-0.4, -0.2) is 31.1 Å². The second-order valence-electron chi connectivity index (χ2n) is 5.63. The predicted octanol–water partition coefficient (Wildman–Crippen LogP) is 2.55. The molecule has 2 rings (SSSR count). The molecule has 1 atom stereocenters. The number of benzene rings is 2. The third-order valence-electron chi connectivity index (χ3n) is 3.51. The summed E-state index contributed by atoms with van der Waals surface area (Å²) in [6.45, 7) is 1.40. The Kier molecular flexibility index (Phi) is 6.73. The van der Waals surface area contributed by atoms with Crippen molar-refractivity contribution in [1.29, 1.82) is 0 Å². The van der Waals surface area contributed by atoms with Crippen LogP contribution in [0.5, 0.6) is 0 Å². The Bertz CT molecular complexity index is 777. The van der Waals surface area contributed by atoms with E-state index in [0.717, 1.165) is 5.56 Å². The van der Waals surface area contributed by atoms with E-state index in [0.29, 0.717) is 17.8 Å². The van der Waals surface area contributed by atoms with Gasteiger partial charge in [0.25, 0.3) is 0 Å². The quantitative estimate of drug-likeness (QED) is 0.694. The second kappa shape index (κ2) is 9.22. The van der Waals surface area contributed by atoms with Crippen molar-refractivity contribution in [1.82, 2.24) is 5.32 Å². The van der Waals surface area contributed by atoms with Crippen LogP contribution < -0.4 is 16.0 Å². The lowest BCUT2D eigenvalue weighted by Gasteiger charge is -2.17. The normalized spacial score (nSPS) is 11.2. The SMILES string of the molecule is COC(=O)[C@H](Cc1ccccc1)NC(=O)Nc1cccc(NC(C)=O)c1. The monoisotopic (exact) mass is 355 g/mol. The van der Waals surface area contributed by atoms with Gasteiger partial charge in [0.2, 0.25) is 5.91 Å². The molecule has 0 bridgehead atoms. The van der Waals surface area contributed by atoms with Crippen LogP contribution in [0.3, 0.4) is 0 Å². The molecule has 0 radical (unpaired) electrons. The number of rotatable bonds is 6. The molecule has 0 saturated carbocycles. The molecule has 0 fully saturated rings. The largest absolute Gasteiger partial charge is 0.467 e. The van der Waals surface area contributed by atoms with Gasteiger partial charge >= 0.3 is 12.0 Å². The average molecular weight is 355 g/mol. The third-order valence-corrected chi connectivity index (χ3v) is 3.51. The smallest absolute Gasteiger partial charge is 0.328 e. The molecule has 7 nitrogen and oxygen atoms in total. The zero-order valence-corrected chi connectivity index (χ0v) is 14.6. The molecule has 3 amide bonds. The Balaban J connectivity index is 2.02. The molecule has 7 heteroatoms. The number of amides is 3. The van der Waals surface area contributed by atoms with Gasteiger partial charge in [-0.2, -0.15) is 0 Å². The minimum atomic E-state index is -0.819. The summed E-state index contributed by atoms with van der Waals surface area (Å²) in [5.74, 6) is -0.740. The molecule has 3 N–H and O–H groups in total. The lowest BCUT2D eigenvalue weighted by Crippen LogP contribution is -2.45. The van der Waals surface area contributed by atoms with Crippen LogP contribution in [0.1, 0.15) is 12.5 Å². The maximum Gasteiger partial charge on any atom is 0.328 e. The number of carbonyl (C=O) groups is 3. The second-order valence-corrected chi connectivity index (χ2v) is 5.63. The third kappa shape index (κ3) is 5.94. The minimum absolute atomic E-state index is 0.208. The number of hydrogen-bond acceptors (Lipinski definition) is 4. The molecule has 0 aliphatic carbocycles. The molecular weight excluding hydrogens is 334 g/mol. The lowest BCUT2D eigenvalue weighted by atomic mass is 10.1. The summed E-state index contributed by atoms with van der Waals surface area (Å²) in [5.41, 5.74) is 1.94. The van der Waals surface area contributed by atoms with Crippen molar-refractivity contribution >= 4 is 29.3 Å². The molecule has 136 valence electrons. The summed E-state index contributed by atoms with van der Waals surface area (Å²) in [6, 6.07) is 14.7. The molecule has 26 heavy (non-hydrogen) atoms. The molecule has 0 saturated heterocycles. The van der Waals surface area contributed by atoms with Crippen molar-refractivity contribution in [3.05, 3.63) is 60.2 Å². The number of anilines is 2. The first kappa shape index (κ1) is 19.0. The highest BCUT2D eigenvalue weighted by molar-refractivity contribution is 5.94. The number of nitrogens with one attached hydrogen (secondary N) is 3. The maximum atomic E-state index is 12.2. The standard InChI is InChI=1S/C19H21N3O4/c1-13(23)20-15-9-6-10-16(12-15)21-19(25)22-17(18(24)26-2)11-14-7-4-3-5-8-14/h3-10,12,17H,11H2,1-2H3,(H,20,23)(H2,21,22,25)/t17-/m0/s1. The van der Waals surface area contributed by atoms with Crippen LogP contribution in [-0.2, 0) is 20.7 Å². The van der Waals surface area contributed by atoms with Crippen molar-refractivity contribution in [2.45, 2.75) is 19.4 Å². The van der Waals surface area contributed by atoms with Gasteiger partial charge in [0.1, 0.15) is 6.04 Å². The summed E-state index contributed by atoms with van der Waals surface area (Å²) in [7, 11) is 1.27. The molecule has 0 spiro atoms. The number of methoxy groups -OCH3 is 1. The molecule has 0 unspecified atom stereocenters. The Hall–Kier alpha value is -3.35. The van der Waals surface area contributed by atoms with E-state index in [1.807, 2.05) is 30.3 Å². The maximum absolute atomic E-state index is 12.2. The number of hydrogen-bond donors (Lipinski definition) is 3. The summed E-state index contributed by atoms with van der Waals surface area (Å²) < 4.78 is 4.77. The topological polar surface area (TPSA) is 96.5 Å². The van der Waals surface area contributed by atoms with E-state index in [2.05, 4.69) is 16.0 Å². The number of urea groups is 1. The van der Waals surface area contributed by atoms with Crippen LogP contribution in [0.4, 0.5) is 16.2 Å². The Morgan fingerprint density at radius 2 is 1.62 bits per heavy atom. The molecule has 0 heterocycles. The summed E-state index contributed by atoms with van der Waals surface area (Å²) >= 11 is 0. The minimum Gasteiger partial charge on any atom is -0.467 e. The van der Waals surface area contributed by atoms with Gasteiger partial charge in [-0.25, -0.2) is 9.59 Å². The fourth-order valence-corrected chi connectivity index (χ4v) is 2.39. The van der Waals surface area contributed by atoms with Crippen LogP contribution in [0.2, 0.25) is 0 Å². The van der Waals surface area contributed by atoms with Gasteiger partial charge in [-0.1, -0.05) is 36.4 Å². The van der Waals surface area contributed by atoms with Crippen LogP contribution >= 0.6 is 0 Å². The van der Waals surface area contributed by atoms with E-state index in [1.165, 1.54) is 14.0 Å². The van der Waals surface area contributed by atoms with Gasteiger partial charge in [-0.3, -0.25) is 4.79 Å². The average Bonchev–Trinajstić information content (AvgIpc) is 2.61. The van der Waals surface area contributed by atoms with E-state index >= 15 is 0 Å². The van der Waals surface area contributed by atoms with Gasteiger partial charge in [-0.05, 0) is 23.8 Å². The number of carbonyl (C=O) groups excluding carboxylic acids is 3. The van der Waals surface area contributed by atoms with Crippen molar-refractivity contribution in [3.63, 3.8) is 0 Å². The van der Waals surface area contributed by atoms with Crippen molar-refractivity contribution in [3.8, 4) is 0 Å². The van der Waals surface area contributed by atoms with Crippen molar-refractivity contribution in [2.75, 3.05) is 17.7 Å². The highest BCUT2D eigenvalue weighted by atomic mass is 16.5. The Labute approximate surface area is 151 Å². The summed E-state index contributed by atoms with van der Waals surface area (Å²) in [6.07, 6.45) is 0.312. The molecule has 2 aromatic rings. The first-order valence-corrected chi connectivity index (χ1v) is 8.05. The van der Waals surface area contributed by atoms with E-state index in [1.54, 1.807) is 24.3 Å². The van der Waals surface area contributed by atoms with E-state index in [-0.39, 0.29) is 5.91 Å². The van der Waals surface area contributed by atoms with Gasteiger partial charge in [0.15, 0.2) is 0 Å². The fourth-order valence-electron chi connectivity index (χ4n) is 2.39. The highest BCUT2D eigenvalue weighted by Gasteiger charge is 2.22. The highest BCUT2D eigenvalue weighted by Crippen LogP contribution is 2.15. The van der Waals surface area contributed by atoms with Crippen LogP contribution in [0, 0.1) is 0 Å². The van der Waals surface area contributed by atoms with Crippen molar-refractivity contribution in [2.24, 2.45) is 0 Å². The number of esters is 1. The molecule has 0 aliphatic heterocycles. The van der Waals surface area contributed by atoms with Crippen LogP contribution in [0.25, 0.3) is 0 Å². The van der Waals surface area contributed by atoms with Gasteiger partial charge in [0.05, 0.1) is 7.11 Å². The zero-order chi connectivity index (χ0) is 18.9. The Morgan fingerprint density at radius 1 is 0.962 bits per heavy atom. The summed E-state index contributed by atoms with van der Waals surface area (Å²) in [5, 5.41) is 7.89. The zero-order valence-electron chi connectivity index (χ0n) is 14.6. The molecular formula is C19H21N3O4. The van der Waals surface area contributed by atoms with E-state index in [4.69, 9.17) is 4.74 Å². The van der Waals surface area contributed by atoms with Gasteiger partial charge in [-0.15, -0.1) is 0 Å². The van der Waals surface area contributed by atoms with E-state index in [9.17, 15) is 14.4 Å². The first-order chi connectivity index (χ1) is 12.5. The molecule has 0 aromatic heterocycles. The van der Waals surface area contributed by atoms with Crippen LogP contribution in [0.15, 0.2) is 54.6 Å². The van der Waals surface area contributed by atoms with Crippen molar-refractivity contribution < 1.29 is 19.1 Å². The van der Waals surface area contributed by atoms with E-state index < -0.39 is 18.0 Å². The molecule has 2 aromatic carbocycles. The summed E-state index contributed by atoms with van der Waals surface area (Å²) in [4.78, 5) is 35.3. The van der Waals surface area contributed by atoms with Gasteiger partial charge < -0.3 is 20.7 Å². The Morgan fingerprint density at radius 3 is 2.23 bits per heavy atom. The number of ether oxygens (including phenoxy) is 1. The predicted molar refractivity (Wildman–Crippen MR) is 98.9 cm³/mol.